The van der Waals surface area contributed by atoms with Crippen LogP contribution in [-0.4, -0.2) is 10.1 Å². The average molecular weight is 318 g/mol. The van der Waals surface area contributed by atoms with E-state index in [2.05, 4.69) is 4.98 Å². The third-order valence-electron chi connectivity index (χ3n) is 2.85. The third-order valence-corrected chi connectivity index (χ3v) is 4.13. The number of oxazole rings is 1. The topological polar surface area (TPSA) is 46.3 Å². The molecular formula is C16H12ClNO2S. The lowest BCUT2D eigenvalue weighted by molar-refractivity contribution is 0.475. The Hall–Kier alpha value is -1.91. The molecule has 5 heteroatoms. The number of nitrogens with zero attached hydrogens (tertiary/aromatic N) is 1. The molecule has 2 aromatic carbocycles. The SMILES string of the molecule is Oc1ccc(SCc2coc(-c3cccc(Cl)c3)n2)cc1. The quantitative estimate of drug-likeness (QED) is 0.688. The Bertz CT molecular complexity index is 740. The van der Waals surface area contributed by atoms with Crippen LogP contribution in [0.2, 0.25) is 5.02 Å². The number of thioether (sulfide) groups is 1. The lowest BCUT2D eigenvalue weighted by Gasteiger charge is -1.99. The van der Waals surface area contributed by atoms with Crippen LogP contribution in [0, 0.1) is 0 Å². The van der Waals surface area contributed by atoms with Crippen LogP contribution in [0.25, 0.3) is 11.5 Å². The summed E-state index contributed by atoms with van der Waals surface area (Å²) in [6.07, 6.45) is 1.66. The summed E-state index contributed by atoms with van der Waals surface area (Å²) in [4.78, 5) is 5.53. The molecule has 21 heavy (non-hydrogen) atoms. The van der Waals surface area contributed by atoms with E-state index in [1.54, 1.807) is 30.2 Å². The molecule has 3 rings (SSSR count). The zero-order valence-electron chi connectivity index (χ0n) is 11.0. The van der Waals surface area contributed by atoms with Gasteiger partial charge in [-0.25, -0.2) is 4.98 Å². The molecule has 1 N–H and O–H groups in total. The summed E-state index contributed by atoms with van der Waals surface area (Å²) in [6, 6.07) is 14.5. The average Bonchev–Trinajstić information content (AvgIpc) is 2.96. The van der Waals surface area contributed by atoms with Gasteiger partial charge in [-0.1, -0.05) is 17.7 Å². The summed E-state index contributed by atoms with van der Waals surface area (Å²) in [6.45, 7) is 0. The fraction of sp³-hybridized carbons (Fsp3) is 0.0625. The largest absolute Gasteiger partial charge is 0.508 e. The van der Waals surface area contributed by atoms with Gasteiger partial charge in [-0.05, 0) is 42.5 Å². The maximum absolute atomic E-state index is 9.25. The maximum Gasteiger partial charge on any atom is 0.226 e. The number of phenolic OH excluding ortho intramolecular Hbond substituents is 1. The Labute approximate surface area is 131 Å². The Kier molecular flexibility index (Phi) is 4.18. The van der Waals surface area contributed by atoms with Crippen molar-refractivity contribution in [3.63, 3.8) is 0 Å². The van der Waals surface area contributed by atoms with Crippen molar-refractivity contribution in [1.82, 2.24) is 4.98 Å². The van der Waals surface area contributed by atoms with E-state index in [0.717, 1.165) is 16.2 Å². The van der Waals surface area contributed by atoms with Gasteiger partial charge in [0.15, 0.2) is 0 Å². The zero-order valence-corrected chi connectivity index (χ0v) is 12.6. The van der Waals surface area contributed by atoms with Gasteiger partial charge in [-0.2, -0.15) is 0 Å². The van der Waals surface area contributed by atoms with Crippen molar-refractivity contribution in [2.45, 2.75) is 10.6 Å². The molecule has 0 atom stereocenters. The molecule has 1 heterocycles. The first-order chi connectivity index (χ1) is 10.2. The maximum atomic E-state index is 9.25. The highest BCUT2D eigenvalue weighted by molar-refractivity contribution is 7.98. The smallest absolute Gasteiger partial charge is 0.226 e. The van der Waals surface area contributed by atoms with Crippen molar-refractivity contribution >= 4 is 23.4 Å². The summed E-state index contributed by atoms with van der Waals surface area (Å²) in [5, 5.41) is 9.90. The van der Waals surface area contributed by atoms with Gasteiger partial charge < -0.3 is 9.52 Å². The normalized spacial score (nSPS) is 10.7. The molecule has 0 aliphatic carbocycles. The van der Waals surface area contributed by atoms with Crippen LogP contribution in [0.3, 0.4) is 0 Å². The van der Waals surface area contributed by atoms with Gasteiger partial charge >= 0.3 is 0 Å². The minimum absolute atomic E-state index is 0.268. The molecule has 0 unspecified atom stereocenters. The highest BCUT2D eigenvalue weighted by Gasteiger charge is 2.07. The van der Waals surface area contributed by atoms with Crippen molar-refractivity contribution < 1.29 is 9.52 Å². The van der Waals surface area contributed by atoms with E-state index >= 15 is 0 Å². The Morgan fingerprint density at radius 2 is 1.95 bits per heavy atom. The Morgan fingerprint density at radius 1 is 1.14 bits per heavy atom. The summed E-state index contributed by atoms with van der Waals surface area (Å²) in [7, 11) is 0. The number of aromatic nitrogens is 1. The van der Waals surface area contributed by atoms with Crippen LogP contribution in [0.15, 0.2) is 64.1 Å². The molecule has 3 nitrogen and oxygen atoms in total. The minimum Gasteiger partial charge on any atom is -0.508 e. The fourth-order valence-corrected chi connectivity index (χ4v) is 2.79. The number of rotatable bonds is 4. The molecule has 0 aliphatic heterocycles. The summed E-state index contributed by atoms with van der Waals surface area (Å²) in [5.74, 6) is 1.54. The van der Waals surface area contributed by atoms with Crippen molar-refractivity contribution in [2.75, 3.05) is 0 Å². The number of benzene rings is 2. The molecule has 0 fully saturated rings. The predicted octanol–water partition coefficient (Wildman–Crippen LogP) is 4.99. The van der Waals surface area contributed by atoms with Crippen LogP contribution < -0.4 is 0 Å². The molecule has 0 radical (unpaired) electrons. The van der Waals surface area contributed by atoms with Gasteiger partial charge in [-0.3, -0.25) is 0 Å². The van der Waals surface area contributed by atoms with Crippen molar-refractivity contribution in [3.05, 3.63) is 65.5 Å². The highest BCUT2D eigenvalue weighted by atomic mass is 35.5. The lowest BCUT2D eigenvalue weighted by Crippen LogP contribution is -1.82. The first-order valence-corrected chi connectivity index (χ1v) is 7.69. The Balaban J connectivity index is 1.69. The first kappa shape index (κ1) is 14.0. The van der Waals surface area contributed by atoms with Gasteiger partial charge in [0.05, 0.1) is 5.69 Å². The number of phenols is 1. The molecule has 0 bridgehead atoms. The number of halogens is 1. The number of hydrogen-bond donors (Lipinski definition) is 1. The minimum atomic E-state index is 0.268. The van der Waals surface area contributed by atoms with Crippen LogP contribution >= 0.6 is 23.4 Å². The predicted molar refractivity (Wildman–Crippen MR) is 84.6 cm³/mol. The van der Waals surface area contributed by atoms with E-state index < -0.39 is 0 Å². The molecule has 1 aromatic heterocycles. The third kappa shape index (κ3) is 3.60. The summed E-state index contributed by atoms with van der Waals surface area (Å²) in [5.41, 5.74) is 1.73. The van der Waals surface area contributed by atoms with Crippen molar-refractivity contribution in [3.8, 4) is 17.2 Å². The molecule has 0 saturated heterocycles. The van der Waals surface area contributed by atoms with E-state index in [1.165, 1.54) is 0 Å². The van der Waals surface area contributed by atoms with E-state index in [4.69, 9.17) is 16.0 Å². The van der Waals surface area contributed by atoms with Gasteiger partial charge in [0.25, 0.3) is 0 Å². The van der Waals surface area contributed by atoms with Crippen LogP contribution in [-0.2, 0) is 5.75 Å². The molecule has 106 valence electrons. The second-order valence-corrected chi connectivity index (χ2v) is 5.92. The van der Waals surface area contributed by atoms with Crippen LogP contribution in [0.1, 0.15) is 5.69 Å². The monoisotopic (exact) mass is 317 g/mol. The second-order valence-electron chi connectivity index (χ2n) is 4.44. The molecular weight excluding hydrogens is 306 g/mol. The Morgan fingerprint density at radius 3 is 2.71 bits per heavy atom. The van der Waals surface area contributed by atoms with E-state index in [1.807, 2.05) is 36.4 Å². The summed E-state index contributed by atoms with van der Waals surface area (Å²) < 4.78 is 5.49. The zero-order chi connectivity index (χ0) is 14.7. The highest BCUT2D eigenvalue weighted by Crippen LogP contribution is 2.27. The molecule has 0 aliphatic rings. The van der Waals surface area contributed by atoms with E-state index in [-0.39, 0.29) is 5.75 Å². The van der Waals surface area contributed by atoms with E-state index in [9.17, 15) is 5.11 Å². The molecule has 0 saturated carbocycles. The van der Waals surface area contributed by atoms with Crippen LogP contribution in [0.5, 0.6) is 5.75 Å². The second kappa shape index (κ2) is 6.24. The van der Waals surface area contributed by atoms with Crippen molar-refractivity contribution in [1.29, 1.82) is 0 Å². The van der Waals surface area contributed by atoms with Crippen molar-refractivity contribution in [2.24, 2.45) is 0 Å². The molecule has 0 amide bonds. The number of aromatic hydroxyl groups is 1. The van der Waals surface area contributed by atoms with Gasteiger partial charge in [0, 0.05) is 21.2 Å². The fourth-order valence-electron chi connectivity index (χ4n) is 1.83. The van der Waals surface area contributed by atoms with Gasteiger partial charge in [0.2, 0.25) is 5.89 Å². The van der Waals surface area contributed by atoms with Gasteiger partial charge in [-0.15, -0.1) is 11.8 Å². The standard InChI is InChI=1S/C16H12ClNO2S/c17-12-3-1-2-11(8-12)16-18-13(9-20-16)10-21-15-6-4-14(19)5-7-15/h1-9,19H,10H2. The number of hydrogen-bond acceptors (Lipinski definition) is 4. The molecule has 0 spiro atoms. The summed E-state index contributed by atoms with van der Waals surface area (Å²) >= 11 is 7.60. The first-order valence-electron chi connectivity index (χ1n) is 6.33. The van der Waals surface area contributed by atoms with Crippen LogP contribution in [0.4, 0.5) is 0 Å². The molecule has 3 aromatic rings. The van der Waals surface area contributed by atoms with Gasteiger partial charge in [0.1, 0.15) is 12.0 Å². The van der Waals surface area contributed by atoms with E-state index in [0.29, 0.717) is 16.7 Å². The lowest BCUT2D eigenvalue weighted by atomic mass is 10.2.